The van der Waals surface area contributed by atoms with Crippen LogP contribution in [-0.4, -0.2) is 67.4 Å². The minimum absolute atomic E-state index is 0.291. The third kappa shape index (κ3) is 3.02. The van der Waals surface area contributed by atoms with Gasteiger partial charge >= 0.3 is 0 Å². The van der Waals surface area contributed by atoms with E-state index in [2.05, 4.69) is 23.6 Å². The molecule has 3 aliphatic rings. The second-order valence-electron chi connectivity index (χ2n) is 7.15. The summed E-state index contributed by atoms with van der Waals surface area (Å²) in [6, 6.07) is 1.14. The van der Waals surface area contributed by atoms with E-state index in [0.717, 1.165) is 52.2 Å². The molecule has 0 aromatic rings. The Morgan fingerprint density at radius 1 is 0.950 bits per heavy atom. The Bertz CT molecular complexity index is 314. The predicted octanol–water partition coefficient (Wildman–Crippen LogP) is 2.17. The fourth-order valence-electron chi connectivity index (χ4n) is 4.10. The fourth-order valence-corrected chi connectivity index (χ4v) is 4.10. The highest BCUT2D eigenvalue weighted by molar-refractivity contribution is 4.90. The minimum Gasteiger partial charge on any atom is -0.378 e. The highest BCUT2D eigenvalue weighted by atomic mass is 19.1. The van der Waals surface area contributed by atoms with E-state index >= 15 is 0 Å². The molecule has 0 amide bonds. The first-order valence-corrected chi connectivity index (χ1v) is 8.35. The molecule has 0 spiro atoms. The molecular weight excluding hydrogens is 255 g/mol. The number of nitrogens with zero attached hydrogens (tertiary/aromatic N) is 2. The fraction of sp³-hybridized carbons (Fsp3) is 1.00. The molecule has 0 bridgehead atoms. The van der Waals surface area contributed by atoms with Gasteiger partial charge in [0.1, 0.15) is 6.17 Å². The van der Waals surface area contributed by atoms with Gasteiger partial charge in [0, 0.05) is 32.2 Å². The molecule has 2 aliphatic heterocycles. The summed E-state index contributed by atoms with van der Waals surface area (Å²) < 4.78 is 19.6. The Hall–Kier alpha value is -0.190. The molecule has 2 heterocycles. The van der Waals surface area contributed by atoms with Crippen LogP contribution in [0.4, 0.5) is 4.39 Å². The zero-order valence-corrected chi connectivity index (χ0v) is 12.9. The first-order chi connectivity index (χ1) is 9.65. The number of alkyl halides is 1. The van der Waals surface area contributed by atoms with Crippen molar-refractivity contribution in [2.24, 2.45) is 11.8 Å². The van der Waals surface area contributed by atoms with E-state index in [9.17, 15) is 4.39 Å². The maximum absolute atomic E-state index is 14.3. The summed E-state index contributed by atoms with van der Waals surface area (Å²) in [5, 5.41) is 0. The Morgan fingerprint density at radius 2 is 1.55 bits per heavy atom. The van der Waals surface area contributed by atoms with E-state index in [1.165, 1.54) is 6.42 Å². The number of piperazine rings is 1. The van der Waals surface area contributed by atoms with Crippen molar-refractivity contribution in [3.05, 3.63) is 0 Å². The molecule has 0 radical (unpaired) electrons. The van der Waals surface area contributed by atoms with Crippen molar-refractivity contribution in [1.82, 2.24) is 9.80 Å². The van der Waals surface area contributed by atoms with Crippen molar-refractivity contribution in [3.63, 3.8) is 0 Å². The van der Waals surface area contributed by atoms with Gasteiger partial charge in [0.2, 0.25) is 0 Å². The van der Waals surface area contributed by atoms with Crippen molar-refractivity contribution in [2.45, 2.75) is 51.4 Å². The number of rotatable bonds is 3. The van der Waals surface area contributed by atoms with Crippen LogP contribution in [0.3, 0.4) is 0 Å². The van der Waals surface area contributed by atoms with Gasteiger partial charge in [-0.15, -0.1) is 0 Å². The van der Waals surface area contributed by atoms with Crippen molar-refractivity contribution >= 4 is 0 Å². The normalized spacial score (nSPS) is 38.1. The molecule has 1 saturated carbocycles. The number of ether oxygens (including phenoxy) is 1. The highest BCUT2D eigenvalue weighted by Gasteiger charge is 2.37. The Morgan fingerprint density at radius 3 is 2.00 bits per heavy atom. The standard InChI is InChI=1S/C16H29FN2O/c1-12(2)15-4-3-13(9-16(15)17)18-5-7-19(8-6-18)14-10-20-11-14/h12-16H,3-11H2,1-2H3. The van der Waals surface area contributed by atoms with Gasteiger partial charge in [-0.2, -0.15) is 0 Å². The Balaban J connectivity index is 1.46. The van der Waals surface area contributed by atoms with Crippen LogP contribution < -0.4 is 0 Å². The van der Waals surface area contributed by atoms with Gasteiger partial charge in [-0.1, -0.05) is 13.8 Å². The molecule has 2 saturated heterocycles. The molecular formula is C16H29FN2O. The summed E-state index contributed by atoms with van der Waals surface area (Å²) in [6.07, 6.45) is 2.43. The number of hydrogen-bond donors (Lipinski definition) is 0. The summed E-state index contributed by atoms with van der Waals surface area (Å²) in [6.45, 7) is 10.6. The smallest absolute Gasteiger partial charge is 0.105 e. The minimum atomic E-state index is -0.591. The largest absolute Gasteiger partial charge is 0.378 e. The molecule has 3 unspecified atom stereocenters. The summed E-state index contributed by atoms with van der Waals surface area (Å²) in [5.41, 5.74) is 0. The summed E-state index contributed by atoms with van der Waals surface area (Å²) in [4.78, 5) is 5.09. The Labute approximate surface area is 122 Å². The first kappa shape index (κ1) is 14.7. The predicted molar refractivity (Wildman–Crippen MR) is 78.6 cm³/mol. The third-order valence-electron chi connectivity index (χ3n) is 5.65. The van der Waals surface area contributed by atoms with Gasteiger partial charge in [-0.25, -0.2) is 4.39 Å². The van der Waals surface area contributed by atoms with Crippen LogP contribution in [0.15, 0.2) is 0 Å². The van der Waals surface area contributed by atoms with E-state index in [1.807, 2.05) is 0 Å². The molecule has 3 atom stereocenters. The summed E-state index contributed by atoms with van der Waals surface area (Å²) >= 11 is 0. The lowest BCUT2D eigenvalue weighted by Gasteiger charge is -2.46. The van der Waals surface area contributed by atoms with Gasteiger partial charge < -0.3 is 4.74 Å². The van der Waals surface area contributed by atoms with Crippen LogP contribution in [-0.2, 0) is 4.74 Å². The van der Waals surface area contributed by atoms with E-state index in [4.69, 9.17) is 4.74 Å². The van der Waals surface area contributed by atoms with Crippen molar-refractivity contribution in [2.75, 3.05) is 39.4 Å². The van der Waals surface area contributed by atoms with Gasteiger partial charge in [-0.3, -0.25) is 9.80 Å². The van der Waals surface area contributed by atoms with E-state index in [-0.39, 0.29) is 0 Å². The molecule has 3 rings (SSSR count). The van der Waals surface area contributed by atoms with Crippen LogP contribution in [0, 0.1) is 11.8 Å². The van der Waals surface area contributed by atoms with Gasteiger partial charge in [-0.05, 0) is 31.1 Å². The van der Waals surface area contributed by atoms with Gasteiger partial charge in [0.25, 0.3) is 0 Å². The molecule has 0 aromatic heterocycles. The zero-order valence-electron chi connectivity index (χ0n) is 12.9. The number of halogens is 1. The van der Waals surface area contributed by atoms with Crippen molar-refractivity contribution in [3.8, 4) is 0 Å². The van der Waals surface area contributed by atoms with Crippen molar-refractivity contribution in [1.29, 1.82) is 0 Å². The molecule has 3 fully saturated rings. The molecule has 0 aromatic carbocycles. The monoisotopic (exact) mass is 284 g/mol. The quantitative estimate of drug-likeness (QED) is 0.790. The van der Waals surface area contributed by atoms with Gasteiger partial charge in [0.05, 0.1) is 19.3 Å². The van der Waals surface area contributed by atoms with Crippen LogP contribution >= 0.6 is 0 Å². The van der Waals surface area contributed by atoms with E-state index in [1.54, 1.807) is 0 Å². The van der Waals surface area contributed by atoms with E-state index in [0.29, 0.717) is 23.9 Å². The third-order valence-corrected chi connectivity index (χ3v) is 5.65. The number of hydrogen-bond acceptors (Lipinski definition) is 3. The molecule has 20 heavy (non-hydrogen) atoms. The van der Waals surface area contributed by atoms with Crippen LogP contribution in [0.1, 0.15) is 33.1 Å². The SMILES string of the molecule is CC(C)C1CCC(N2CCN(C3COC3)CC2)CC1F. The van der Waals surface area contributed by atoms with Crippen LogP contribution in [0.2, 0.25) is 0 Å². The lowest BCUT2D eigenvalue weighted by Crippen LogP contribution is -2.58. The van der Waals surface area contributed by atoms with Gasteiger partial charge in [0.15, 0.2) is 0 Å². The second kappa shape index (κ2) is 6.29. The average Bonchev–Trinajstić information content (AvgIpc) is 2.37. The topological polar surface area (TPSA) is 15.7 Å². The van der Waals surface area contributed by atoms with Crippen LogP contribution in [0.5, 0.6) is 0 Å². The second-order valence-corrected chi connectivity index (χ2v) is 7.15. The lowest BCUT2D eigenvalue weighted by molar-refractivity contribution is -0.0827. The maximum Gasteiger partial charge on any atom is 0.105 e. The molecule has 3 nitrogen and oxygen atoms in total. The molecule has 1 aliphatic carbocycles. The molecule has 4 heteroatoms. The Kier molecular flexibility index (Phi) is 4.63. The van der Waals surface area contributed by atoms with E-state index < -0.39 is 6.17 Å². The van der Waals surface area contributed by atoms with Crippen LogP contribution in [0.25, 0.3) is 0 Å². The molecule has 116 valence electrons. The highest BCUT2D eigenvalue weighted by Crippen LogP contribution is 2.35. The zero-order chi connectivity index (χ0) is 14.1. The average molecular weight is 284 g/mol. The molecule has 0 N–H and O–H groups in total. The maximum atomic E-state index is 14.3. The first-order valence-electron chi connectivity index (χ1n) is 8.35. The lowest BCUT2D eigenvalue weighted by atomic mass is 9.77. The summed E-state index contributed by atoms with van der Waals surface area (Å²) in [7, 11) is 0. The summed E-state index contributed by atoms with van der Waals surface area (Å²) in [5.74, 6) is 0.779. The van der Waals surface area contributed by atoms with Crippen molar-refractivity contribution < 1.29 is 9.13 Å².